The minimum Gasteiger partial charge on any atom is -0.481 e. The van der Waals surface area contributed by atoms with E-state index in [-0.39, 0.29) is 30.6 Å². The topological polar surface area (TPSA) is 69.6 Å². The van der Waals surface area contributed by atoms with E-state index in [1.807, 2.05) is 4.90 Å². The predicted molar refractivity (Wildman–Crippen MR) is 76.4 cm³/mol. The molecule has 0 saturated carbocycles. The number of rotatable bonds is 5. The monoisotopic (exact) mass is 294 g/mol. The fraction of sp³-hybridized carbons (Fsp3) is 0.467. The van der Waals surface area contributed by atoms with Crippen molar-refractivity contribution in [3.05, 3.63) is 30.1 Å². The number of carbonyl (C=O) groups is 2. The van der Waals surface area contributed by atoms with Crippen molar-refractivity contribution in [2.45, 2.75) is 19.3 Å². The van der Waals surface area contributed by atoms with Crippen molar-refractivity contribution < 1.29 is 19.1 Å². The third-order valence-electron chi connectivity index (χ3n) is 3.56. The van der Waals surface area contributed by atoms with Crippen LogP contribution in [0.5, 0.6) is 0 Å². The van der Waals surface area contributed by atoms with Crippen LogP contribution in [0.2, 0.25) is 0 Å². The number of halogens is 1. The van der Waals surface area contributed by atoms with Crippen LogP contribution in [0.25, 0.3) is 0 Å². The van der Waals surface area contributed by atoms with Crippen molar-refractivity contribution in [3.63, 3.8) is 0 Å². The van der Waals surface area contributed by atoms with Crippen molar-refractivity contribution in [2.75, 3.05) is 25.0 Å². The smallest absolute Gasteiger partial charge is 0.303 e. The molecule has 0 bridgehead atoms. The standard InChI is InChI=1S/C15H19FN2O3/c16-12-3-5-13(6-4-12)17-14(19)10-18-7-1-2-11(9-18)8-15(20)21/h3-6,11H,1-2,7-10H2,(H,17,19)(H,20,21). The molecule has 1 aliphatic rings. The van der Waals surface area contributed by atoms with E-state index in [1.165, 1.54) is 24.3 Å². The Bertz CT molecular complexity index is 504. The van der Waals surface area contributed by atoms with Crippen LogP contribution >= 0.6 is 0 Å². The van der Waals surface area contributed by atoms with Gasteiger partial charge in [0.1, 0.15) is 5.82 Å². The number of nitrogens with zero attached hydrogens (tertiary/aromatic N) is 1. The number of hydrogen-bond donors (Lipinski definition) is 2. The molecule has 6 heteroatoms. The molecule has 1 amide bonds. The normalized spacial score (nSPS) is 19.2. The fourth-order valence-corrected chi connectivity index (χ4v) is 2.65. The van der Waals surface area contributed by atoms with Gasteiger partial charge in [0, 0.05) is 18.7 Å². The summed E-state index contributed by atoms with van der Waals surface area (Å²) in [5, 5.41) is 11.5. The zero-order chi connectivity index (χ0) is 15.2. The van der Waals surface area contributed by atoms with Gasteiger partial charge in [-0.3, -0.25) is 14.5 Å². The Kier molecular flexibility index (Phi) is 5.27. The highest BCUT2D eigenvalue weighted by atomic mass is 19.1. The van der Waals surface area contributed by atoms with Gasteiger partial charge in [-0.25, -0.2) is 4.39 Å². The first-order valence-corrected chi connectivity index (χ1v) is 7.02. The zero-order valence-corrected chi connectivity index (χ0v) is 11.7. The number of anilines is 1. The summed E-state index contributed by atoms with van der Waals surface area (Å²) in [4.78, 5) is 24.6. The molecule has 0 aromatic heterocycles. The number of amides is 1. The lowest BCUT2D eigenvalue weighted by atomic mass is 9.95. The van der Waals surface area contributed by atoms with E-state index in [0.717, 1.165) is 19.4 Å². The summed E-state index contributed by atoms with van der Waals surface area (Å²) in [7, 11) is 0. The maximum absolute atomic E-state index is 12.8. The molecule has 1 aromatic carbocycles. The Morgan fingerprint density at radius 1 is 1.33 bits per heavy atom. The van der Waals surface area contributed by atoms with Gasteiger partial charge in [0.25, 0.3) is 0 Å². The molecule has 114 valence electrons. The zero-order valence-electron chi connectivity index (χ0n) is 11.7. The van der Waals surface area contributed by atoms with Gasteiger partial charge in [-0.1, -0.05) is 0 Å². The molecular weight excluding hydrogens is 275 g/mol. The Morgan fingerprint density at radius 2 is 2.05 bits per heavy atom. The van der Waals surface area contributed by atoms with E-state index in [1.54, 1.807) is 0 Å². The molecule has 0 spiro atoms. The number of likely N-dealkylation sites (tertiary alicyclic amines) is 1. The Hall–Kier alpha value is -1.95. The van der Waals surface area contributed by atoms with Crippen LogP contribution in [0.15, 0.2) is 24.3 Å². The molecule has 1 aliphatic heterocycles. The minimum atomic E-state index is -0.794. The summed E-state index contributed by atoms with van der Waals surface area (Å²) in [6, 6.07) is 5.60. The van der Waals surface area contributed by atoms with Crippen LogP contribution in [-0.2, 0) is 9.59 Å². The molecule has 1 unspecified atom stereocenters. The lowest BCUT2D eigenvalue weighted by molar-refractivity contribution is -0.138. The Balaban J connectivity index is 1.81. The van der Waals surface area contributed by atoms with Gasteiger partial charge in [-0.15, -0.1) is 0 Å². The molecule has 0 radical (unpaired) electrons. The van der Waals surface area contributed by atoms with Crippen LogP contribution in [0, 0.1) is 11.7 Å². The lowest BCUT2D eigenvalue weighted by Crippen LogP contribution is -2.41. The summed E-state index contributed by atoms with van der Waals surface area (Å²) >= 11 is 0. The van der Waals surface area contributed by atoms with Crippen LogP contribution in [0.1, 0.15) is 19.3 Å². The van der Waals surface area contributed by atoms with Crippen molar-refractivity contribution >= 4 is 17.6 Å². The molecule has 5 nitrogen and oxygen atoms in total. The quantitative estimate of drug-likeness (QED) is 0.871. The summed E-state index contributed by atoms with van der Waals surface area (Å²) in [6.45, 7) is 1.66. The summed E-state index contributed by atoms with van der Waals surface area (Å²) in [6.07, 6.45) is 1.94. The molecule has 1 aromatic rings. The van der Waals surface area contributed by atoms with E-state index in [2.05, 4.69) is 5.32 Å². The van der Waals surface area contributed by atoms with Gasteiger partial charge >= 0.3 is 5.97 Å². The highest BCUT2D eigenvalue weighted by molar-refractivity contribution is 5.92. The maximum atomic E-state index is 12.8. The number of carboxylic acid groups (broad SMARTS) is 1. The Labute approximate surface area is 122 Å². The number of carboxylic acids is 1. The Morgan fingerprint density at radius 3 is 2.71 bits per heavy atom. The SMILES string of the molecule is O=C(O)CC1CCCN(CC(=O)Nc2ccc(F)cc2)C1. The average molecular weight is 294 g/mol. The summed E-state index contributed by atoms with van der Waals surface area (Å²) in [5.41, 5.74) is 0.556. The average Bonchev–Trinajstić information content (AvgIpc) is 2.41. The van der Waals surface area contributed by atoms with E-state index in [4.69, 9.17) is 5.11 Å². The van der Waals surface area contributed by atoms with Crippen LogP contribution < -0.4 is 5.32 Å². The maximum Gasteiger partial charge on any atom is 0.303 e. The van der Waals surface area contributed by atoms with Crippen molar-refractivity contribution in [3.8, 4) is 0 Å². The number of piperidine rings is 1. The van der Waals surface area contributed by atoms with Crippen LogP contribution in [0.3, 0.4) is 0 Å². The van der Waals surface area contributed by atoms with E-state index >= 15 is 0 Å². The van der Waals surface area contributed by atoms with Gasteiger partial charge in [0.2, 0.25) is 5.91 Å². The third-order valence-corrected chi connectivity index (χ3v) is 3.56. The molecule has 21 heavy (non-hydrogen) atoms. The summed E-state index contributed by atoms with van der Waals surface area (Å²) in [5.74, 6) is -1.20. The first kappa shape index (κ1) is 15.4. The van der Waals surface area contributed by atoms with Crippen molar-refractivity contribution in [2.24, 2.45) is 5.92 Å². The second-order valence-electron chi connectivity index (χ2n) is 5.40. The molecule has 1 heterocycles. The highest BCUT2D eigenvalue weighted by Gasteiger charge is 2.23. The molecule has 1 fully saturated rings. The van der Waals surface area contributed by atoms with E-state index < -0.39 is 5.97 Å². The van der Waals surface area contributed by atoms with Gasteiger partial charge < -0.3 is 10.4 Å². The van der Waals surface area contributed by atoms with Gasteiger partial charge in [-0.2, -0.15) is 0 Å². The van der Waals surface area contributed by atoms with E-state index in [0.29, 0.717) is 12.2 Å². The lowest BCUT2D eigenvalue weighted by Gasteiger charge is -2.31. The number of nitrogens with one attached hydrogen (secondary N) is 1. The molecule has 1 saturated heterocycles. The minimum absolute atomic E-state index is 0.106. The molecule has 2 rings (SSSR count). The fourth-order valence-electron chi connectivity index (χ4n) is 2.65. The second-order valence-corrected chi connectivity index (χ2v) is 5.40. The predicted octanol–water partition coefficient (Wildman–Crippen LogP) is 1.95. The first-order valence-electron chi connectivity index (χ1n) is 7.02. The number of hydrogen-bond acceptors (Lipinski definition) is 3. The molecule has 2 N–H and O–H groups in total. The van der Waals surface area contributed by atoms with Crippen molar-refractivity contribution in [1.29, 1.82) is 0 Å². The first-order chi connectivity index (χ1) is 10.0. The largest absolute Gasteiger partial charge is 0.481 e. The number of benzene rings is 1. The number of carbonyl (C=O) groups excluding carboxylic acids is 1. The molecule has 1 atom stereocenters. The van der Waals surface area contributed by atoms with Crippen LogP contribution in [-0.4, -0.2) is 41.5 Å². The second kappa shape index (κ2) is 7.17. The van der Waals surface area contributed by atoms with Crippen molar-refractivity contribution in [1.82, 2.24) is 4.90 Å². The van der Waals surface area contributed by atoms with Gasteiger partial charge in [0.05, 0.1) is 6.54 Å². The molecular formula is C15H19FN2O3. The van der Waals surface area contributed by atoms with Gasteiger partial charge in [0.15, 0.2) is 0 Å². The highest BCUT2D eigenvalue weighted by Crippen LogP contribution is 2.19. The summed E-state index contributed by atoms with van der Waals surface area (Å²) < 4.78 is 12.8. The van der Waals surface area contributed by atoms with E-state index in [9.17, 15) is 14.0 Å². The van der Waals surface area contributed by atoms with Gasteiger partial charge in [-0.05, 0) is 49.6 Å². The number of aliphatic carboxylic acids is 1. The van der Waals surface area contributed by atoms with Crippen LogP contribution in [0.4, 0.5) is 10.1 Å². The molecule has 0 aliphatic carbocycles. The third kappa shape index (κ3) is 5.15.